The number of alkyl halides is 3. The highest BCUT2D eigenvalue weighted by atomic mass is 19.4. The molecule has 3 rings (SSSR count). The molecular formula is C37H55F3N4. The Morgan fingerprint density at radius 2 is 1.70 bits per heavy atom. The first-order valence-electron chi connectivity index (χ1n) is 15.7. The minimum atomic E-state index is -4.13. The van der Waals surface area contributed by atoms with E-state index in [4.69, 9.17) is 5.73 Å². The van der Waals surface area contributed by atoms with E-state index >= 15 is 0 Å². The maximum atomic E-state index is 12.1. The van der Waals surface area contributed by atoms with E-state index in [0.717, 1.165) is 61.4 Å². The van der Waals surface area contributed by atoms with Gasteiger partial charge in [0.2, 0.25) is 0 Å². The van der Waals surface area contributed by atoms with Gasteiger partial charge in [-0.1, -0.05) is 97.0 Å². The third kappa shape index (κ3) is 16.4. The Hall–Kier alpha value is -3.50. The van der Waals surface area contributed by atoms with Crippen LogP contribution < -0.4 is 11.1 Å². The molecule has 1 aromatic heterocycles. The molecule has 1 fully saturated rings. The predicted octanol–water partition coefficient (Wildman–Crippen LogP) is 8.73. The number of likely N-dealkylation sites (N-methyl/N-ethyl adjacent to an activating group) is 1. The monoisotopic (exact) mass is 612 g/mol. The maximum absolute atomic E-state index is 12.1. The molecule has 1 unspecified atom stereocenters. The quantitative estimate of drug-likeness (QED) is 0.186. The average molecular weight is 613 g/mol. The van der Waals surface area contributed by atoms with Crippen LogP contribution in [0.1, 0.15) is 89.7 Å². The van der Waals surface area contributed by atoms with Crippen LogP contribution in [0.2, 0.25) is 0 Å². The van der Waals surface area contributed by atoms with Crippen molar-refractivity contribution in [1.82, 2.24) is 15.2 Å². The second-order valence-electron chi connectivity index (χ2n) is 10.4. The number of allylic oxidation sites excluding steroid dienone is 1. The van der Waals surface area contributed by atoms with Crippen LogP contribution in [0.3, 0.4) is 0 Å². The molecule has 1 saturated carbocycles. The zero-order valence-electron chi connectivity index (χ0n) is 28.1. The molecule has 1 aliphatic rings. The van der Waals surface area contributed by atoms with Gasteiger partial charge in [0, 0.05) is 35.5 Å². The molecule has 244 valence electrons. The summed E-state index contributed by atoms with van der Waals surface area (Å²) in [6.07, 6.45) is 1.61. The summed E-state index contributed by atoms with van der Waals surface area (Å²) in [6.45, 7) is 25.7. The third-order valence-electron chi connectivity index (χ3n) is 6.57. The molecule has 1 aliphatic carbocycles. The molecule has 2 aromatic rings. The number of nitrogens with zero attached hydrogens (tertiary/aromatic N) is 2. The number of hydrogen-bond acceptors (Lipinski definition) is 4. The number of nitrogens with one attached hydrogen (secondary N) is 1. The third-order valence-corrected chi connectivity index (χ3v) is 6.57. The van der Waals surface area contributed by atoms with Crippen molar-refractivity contribution < 1.29 is 13.2 Å². The van der Waals surface area contributed by atoms with Crippen LogP contribution in [0.5, 0.6) is 0 Å². The molecule has 1 aromatic carbocycles. The van der Waals surface area contributed by atoms with Gasteiger partial charge in [0.1, 0.15) is 5.69 Å². The summed E-state index contributed by atoms with van der Waals surface area (Å²) in [5, 5.41) is 3.36. The topological polar surface area (TPSA) is 54.2 Å². The lowest BCUT2D eigenvalue weighted by Gasteiger charge is -2.21. The van der Waals surface area contributed by atoms with E-state index < -0.39 is 12.6 Å². The average Bonchev–Trinajstić information content (AvgIpc) is 3.79. The molecular weight excluding hydrogens is 557 g/mol. The lowest BCUT2D eigenvalue weighted by atomic mass is 9.95. The number of benzene rings is 1. The fraction of sp³-hybridized carbons (Fsp3) is 0.486. The Morgan fingerprint density at radius 1 is 1.09 bits per heavy atom. The first kappa shape index (κ1) is 40.5. The molecule has 0 radical (unpaired) electrons. The van der Waals surface area contributed by atoms with E-state index in [1.165, 1.54) is 0 Å². The van der Waals surface area contributed by atoms with Crippen LogP contribution in [0.4, 0.5) is 13.2 Å². The van der Waals surface area contributed by atoms with E-state index in [-0.39, 0.29) is 11.5 Å². The molecule has 44 heavy (non-hydrogen) atoms. The Balaban J connectivity index is 0.000000798. The summed E-state index contributed by atoms with van der Waals surface area (Å²) in [4.78, 5) is 6.73. The summed E-state index contributed by atoms with van der Waals surface area (Å²) in [7, 11) is 2.08. The largest absolute Gasteiger partial charge is 0.402 e. The van der Waals surface area contributed by atoms with Gasteiger partial charge in [-0.15, -0.1) is 6.58 Å². The van der Waals surface area contributed by atoms with E-state index in [0.29, 0.717) is 17.7 Å². The maximum Gasteiger partial charge on any atom is 0.393 e. The second-order valence-corrected chi connectivity index (χ2v) is 10.4. The number of rotatable bonds is 12. The summed E-state index contributed by atoms with van der Waals surface area (Å²) in [5.74, 6) is 6.34. The SMILES string of the molecule is C=C(N)CC(C#Cc1cccc(CC)n1)NC(=C)CN(C)CCC.C=CC1(c2ccc(CC(F)(F)F)cc2)CC1.CC.CC. The Kier molecular flexibility index (Phi) is 19.6. The molecule has 0 saturated heterocycles. The van der Waals surface area contributed by atoms with Crippen LogP contribution >= 0.6 is 0 Å². The minimum Gasteiger partial charge on any atom is -0.402 e. The van der Waals surface area contributed by atoms with Crippen molar-refractivity contribution in [3.05, 3.63) is 102 Å². The van der Waals surface area contributed by atoms with Crippen molar-refractivity contribution >= 4 is 0 Å². The van der Waals surface area contributed by atoms with Crippen molar-refractivity contribution in [2.75, 3.05) is 20.1 Å². The number of pyridine rings is 1. The molecule has 7 heteroatoms. The van der Waals surface area contributed by atoms with Crippen LogP contribution in [0.15, 0.2) is 79.7 Å². The van der Waals surface area contributed by atoms with Gasteiger partial charge in [0.25, 0.3) is 0 Å². The number of hydrogen-bond donors (Lipinski definition) is 2. The van der Waals surface area contributed by atoms with E-state index in [1.807, 2.05) is 52.0 Å². The van der Waals surface area contributed by atoms with Crippen molar-refractivity contribution in [3.63, 3.8) is 0 Å². The van der Waals surface area contributed by atoms with Crippen molar-refractivity contribution in [2.45, 2.75) is 97.7 Å². The van der Waals surface area contributed by atoms with E-state index in [9.17, 15) is 13.2 Å². The Labute approximate surface area is 265 Å². The smallest absolute Gasteiger partial charge is 0.393 e. The number of aromatic nitrogens is 1. The van der Waals surface area contributed by atoms with Gasteiger partial charge < -0.3 is 16.0 Å². The highest BCUT2D eigenvalue weighted by molar-refractivity contribution is 5.38. The molecule has 4 nitrogen and oxygen atoms in total. The standard InChI is InChI=1S/C20H30N4.C13H13F3.2C2H6/c1-6-13-24(5)15-17(4)22-20(14-16(3)21)12-11-19-10-8-9-18(7-2)23-19;1-2-12(7-8-12)11-5-3-10(4-6-11)9-13(14,15)16;2*1-2/h8-10,20,22H,3-4,6-7,13-15,21H2,1-2,5H3;2-6H,1,7-9H2;2*1-2H3. The molecule has 0 spiro atoms. The van der Waals surface area contributed by atoms with Gasteiger partial charge in [-0.3, -0.25) is 0 Å². The molecule has 0 aliphatic heterocycles. The lowest BCUT2D eigenvalue weighted by Crippen LogP contribution is -2.34. The predicted molar refractivity (Wildman–Crippen MR) is 182 cm³/mol. The number of aryl methyl sites for hydroxylation is 1. The van der Waals surface area contributed by atoms with Gasteiger partial charge in [-0.05, 0) is 68.5 Å². The zero-order valence-corrected chi connectivity index (χ0v) is 28.1. The molecule has 1 atom stereocenters. The van der Waals surface area contributed by atoms with Crippen LogP contribution in [-0.4, -0.2) is 42.2 Å². The molecule has 1 heterocycles. The molecule has 0 amide bonds. The normalized spacial score (nSPS) is 13.2. The van der Waals surface area contributed by atoms with Crippen molar-refractivity contribution in [1.29, 1.82) is 0 Å². The number of nitrogens with two attached hydrogens (primary N) is 1. The highest BCUT2D eigenvalue weighted by Gasteiger charge is 2.41. The van der Waals surface area contributed by atoms with Gasteiger partial charge in [0.15, 0.2) is 0 Å². The summed E-state index contributed by atoms with van der Waals surface area (Å²) < 4.78 is 36.4. The summed E-state index contributed by atoms with van der Waals surface area (Å²) in [5.41, 5.74) is 10.6. The van der Waals surface area contributed by atoms with E-state index in [2.05, 4.69) is 67.7 Å². The van der Waals surface area contributed by atoms with Crippen LogP contribution in [0.25, 0.3) is 0 Å². The van der Waals surface area contributed by atoms with Gasteiger partial charge in [-0.25, -0.2) is 4.98 Å². The van der Waals surface area contributed by atoms with Crippen molar-refractivity contribution in [3.8, 4) is 11.8 Å². The first-order chi connectivity index (χ1) is 20.9. The van der Waals surface area contributed by atoms with Crippen LogP contribution in [0, 0.1) is 11.8 Å². The fourth-order valence-corrected chi connectivity index (χ4v) is 4.32. The second kappa shape index (κ2) is 21.2. The molecule has 0 bridgehead atoms. The Morgan fingerprint density at radius 3 is 2.18 bits per heavy atom. The van der Waals surface area contributed by atoms with Gasteiger partial charge in [0.05, 0.1) is 12.5 Å². The fourth-order valence-electron chi connectivity index (χ4n) is 4.32. The summed E-state index contributed by atoms with van der Waals surface area (Å²) in [6, 6.07) is 12.5. The van der Waals surface area contributed by atoms with Crippen molar-refractivity contribution in [2.24, 2.45) is 5.73 Å². The Bertz CT molecular complexity index is 1190. The molecule has 3 N–H and O–H groups in total. The number of halogens is 3. The van der Waals surface area contributed by atoms with Gasteiger partial charge >= 0.3 is 6.18 Å². The van der Waals surface area contributed by atoms with Gasteiger partial charge in [-0.2, -0.15) is 13.2 Å². The van der Waals surface area contributed by atoms with E-state index in [1.54, 1.807) is 24.3 Å². The first-order valence-corrected chi connectivity index (χ1v) is 15.7. The zero-order chi connectivity index (χ0) is 33.8. The lowest BCUT2D eigenvalue weighted by molar-refractivity contribution is -0.127. The summed E-state index contributed by atoms with van der Waals surface area (Å²) >= 11 is 0. The van der Waals surface area contributed by atoms with Crippen LogP contribution in [-0.2, 0) is 18.3 Å². The minimum absolute atomic E-state index is 0.0385. The highest BCUT2D eigenvalue weighted by Crippen LogP contribution is 2.49.